The summed E-state index contributed by atoms with van der Waals surface area (Å²) in [5.74, 6) is 1.09. The molecule has 2 heterocycles. The van der Waals surface area contributed by atoms with Crippen LogP contribution in [0.3, 0.4) is 0 Å². The summed E-state index contributed by atoms with van der Waals surface area (Å²) < 4.78 is 8.05. The van der Waals surface area contributed by atoms with Crippen LogP contribution in [0.25, 0.3) is 0 Å². The molecule has 0 spiro atoms. The highest BCUT2D eigenvalue weighted by Gasteiger charge is 2.45. The summed E-state index contributed by atoms with van der Waals surface area (Å²) in [5.41, 5.74) is 1.25. The molecule has 0 radical (unpaired) electrons. The maximum atomic E-state index is 9.23. The smallest absolute Gasteiger partial charge is 0.167 e. The Hall–Kier alpha value is -0.520. The summed E-state index contributed by atoms with van der Waals surface area (Å²) in [6, 6.07) is 0. The van der Waals surface area contributed by atoms with E-state index >= 15 is 0 Å². The maximum Gasteiger partial charge on any atom is 0.167 e. The van der Waals surface area contributed by atoms with E-state index in [4.69, 9.17) is 4.74 Å². The van der Waals surface area contributed by atoms with E-state index in [0.29, 0.717) is 11.5 Å². The van der Waals surface area contributed by atoms with Gasteiger partial charge in [-0.2, -0.15) is 0 Å². The molecule has 1 N–H and O–H groups in total. The van der Waals surface area contributed by atoms with Gasteiger partial charge >= 0.3 is 0 Å². The van der Waals surface area contributed by atoms with E-state index in [-0.39, 0.29) is 6.61 Å². The Morgan fingerprint density at radius 3 is 2.85 bits per heavy atom. The zero-order chi connectivity index (χ0) is 14.0. The summed E-state index contributed by atoms with van der Waals surface area (Å²) >= 11 is 1.82. The van der Waals surface area contributed by atoms with E-state index in [0.717, 1.165) is 23.2 Å². The van der Waals surface area contributed by atoms with E-state index in [2.05, 4.69) is 4.98 Å². The predicted molar refractivity (Wildman–Crippen MR) is 79.7 cm³/mol. The first-order valence-electron chi connectivity index (χ1n) is 7.61. The van der Waals surface area contributed by atoms with E-state index < -0.39 is 0 Å². The van der Waals surface area contributed by atoms with Crippen molar-refractivity contribution in [1.82, 2.24) is 9.55 Å². The Morgan fingerprint density at radius 2 is 2.30 bits per heavy atom. The molecule has 0 aromatic carbocycles. The van der Waals surface area contributed by atoms with Crippen LogP contribution in [0.15, 0.2) is 11.4 Å². The first-order chi connectivity index (χ1) is 9.75. The molecule has 4 nitrogen and oxygen atoms in total. The second kappa shape index (κ2) is 6.08. The lowest BCUT2D eigenvalue weighted by Gasteiger charge is -2.48. The van der Waals surface area contributed by atoms with Crippen LogP contribution in [0.5, 0.6) is 0 Å². The third-order valence-electron chi connectivity index (χ3n) is 4.90. The van der Waals surface area contributed by atoms with Gasteiger partial charge in [-0.15, -0.1) is 0 Å². The average molecular weight is 296 g/mol. The zero-order valence-electron chi connectivity index (χ0n) is 12.2. The van der Waals surface area contributed by atoms with Gasteiger partial charge in [-0.25, -0.2) is 4.98 Å². The second-order valence-corrected chi connectivity index (χ2v) is 7.05. The molecule has 1 unspecified atom stereocenters. The number of thioether (sulfide) groups is 1. The van der Waals surface area contributed by atoms with Crippen molar-refractivity contribution < 1.29 is 9.84 Å². The molecule has 1 aromatic rings. The van der Waals surface area contributed by atoms with Crippen molar-refractivity contribution in [1.29, 1.82) is 0 Å². The molecular formula is C15H24N2O2S. The van der Waals surface area contributed by atoms with Gasteiger partial charge in [-0.3, -0.25) is 0 Å². The number of hydrogen-bond donors (Lipinski definition) is 1. The lowest BCUT2D eigenvalue weighted by Crippen LogP contribution is -2.46. The zero-order valence-corrected chi connectivity index (χ0v) is 13.0. The van der Waals surface area contributed by atoms with Gasteiger partial charge < -0.3 is 14.4 Å². The average Bonchev–Trinajstić information content (AvgIpc) is 2.80. The number of nitrogens with zero attached hydrogens (tertiary/aromatic N) is 2. The van der Waals surface area contributed by atoms with Crippen LogP contribution < -0.4 is 0 Å². The van der Waals surface area contributed by atoms with E-state index in [9.17, 15) is 5.11 Å². The molecule has 3 rings (SSSR count). The van der Waals surface area contributed by atoms with Crippen molar-refractivity contribution in [2.45, 2.75) is 56.4 Å². The van der Waals surface area contributed by atoms with Gasteiger partial charge in [0.05, 0.1) is 24.6 Å². The minimum atomic E-state index is 0.0565. The van der Waals surface area contributed by atoms with Gasteiger partial charge in [0.2, 0.25) is 0 Å². The van der Waals surface area contributed by atoms with E-state index in [1.54, 1.807) is 6.20 Å². The molecule has 1 atom stereocenters. The number of hydrogen-bond acceptors (Lipinski definition) is 4. The van der Waals surface area contributed by atoms with Crippen molar-refractivity contribution in [3.8, 4) is 0 Å². The Kier molecular flexibility index (Phi) is 4.38. The maximum absolute atomic E-state index is 9.23. The van der Waals surface area contributed by atoms with Gasteiger partial charge in [0.15, 0.2) is 5.16 Å². The largest absolute Gasteiger partial charge is 0.390 e. The number of aliphatic hydroxyl groups excluding tert-OH is 1. The first kappa shape index (κ1) is 14.4. The number of rotatable bonds is 5. The fourth-order valence-electron chi connectivity index (χ4n) is 3.33. The minimum absolute atomic E-state index is 0.0565. The Morgan fingerprint density at radius 1 is 1.45 bits per heavy atom. The fourth-order valence-corrected chi connectivity index (χ4v) is 4.66. The van der Waals surface area contributed by atoms with Gasteiger partial charge in [-0.05, 0) is 32.1 Å². The number of aliphatic hydroxyl groups is 1. The van der Waals surface area contributed by atoms with Crippen LogP contribution >= 0.6 is 11.8 Å². The van der Waals surface area contributed by atoms with Crippen LogP contribution in [0.1, 0.15) is 44.2 Å². The van der Waals surface area contributed by atoms with Gasteiger partial charge in [-0.1, -0.05) is 18.2 Å². The highest BCUT2D eigenvalue weighted by molar-refractivity contribution is 7.99. The summed E-state index contributed by atoms with van der Waals surface area (Å²) in [4.78, 5) is 4.42. The fraction of sp³-hybridized carbons (Fsp3) is 0.800. The molecule has 112 valence electrons. The molecule has 0 amide bonds. The molecule has 1 saturated carbocycles. The highest BCUT2D eigenvalue weighted by atomic mass is 32.2. The number of ether oxygens (including phenoxy) is 1. The van der Waals surface area contributed by atoms with Crippen LogP contribution in [0.2, 0.25) is 0 Å². The number of imidazole rings is 1. The van der Waals surface area contributed by atoms with Gasteiger partial charge in [0.1, 0.15) is 0 Å². The van der Waals surface area contributed by atoms with Crippen molar-refractivity contribution in [2.75, 3.05) is 12.4 Å². The van der Waals surface area contributed by atoms with Crippen LogP contribution in [-0.2, 0) is 18.4 Å². The minimum Gasteiger partial charge on any atom is -0.390 e. The van der Waals surface area contributed by atoms with E-state index in [1.807, 2.05) is 23.4 Å². The van der Waals surface area contributed by atoms with Crippen molar-refractivity contribution >= 4 is 11.8 Å². The molecular weight excluding hydrogens is 272 g/mol. The third kappa shape index (κ3) is 2.63. The topological polar surface area (TPSA) is 47.3 Å². The molecule has 20 heavy (non-hydrogen) atoms. The Balaban J connectivity index is 1.64. The second-order valence-electron chi connectivity index (χ2n) is 6.11. The van der Waals surface area contributed by atoms with Crippen LogP contribution in [0.4, 0.5) is 0 Å². The van der Waals surface area contributed by atoms with Crippen LogP contribution in [-0.4, -0.2) is 33.1 Å². The normalized spacial score (nSPS) is 25.4. The van der Waals surface area contributed by atoms with Crippen LogP contribution in [0, 0.1) is 5.41 Å². The summed E-state index contributed by atoms with van der Waals surface area (Å²) in [6.07, 6.45) is 9.91. The number of aromatic nitrogens is 2. The standard InChI is InChI=1S/C15H24N2O2S/c1-17-12(10-18)9-16-14(17)20-11-15(6-4-7-15)13-5-2-3-8-19-13/h9,13,18H,2-8,10-11H2,1H3. The predicted octanol–water partition coefficient (Wildman–Crippen LogP) is 2.74. The lowest BCUT2D eigenvalue weighted by molar-refractivity contribution is -0.0917. The first-order valence-corrected chi connectivity index (χ1v) is 8.60. The van der Waals surface area contributed by atoms with Gasteiger partial charge in [0, 0.05) is 24.8 Å². The molecule has 2 aliphatic rings. The summed E-state index contributed by atoms with van der Waals surface area (Å²) in [5, 5.41) is 10.2. The molecule has 1 aromatic heterocycles. The Bertz CT molecular complexity index is 451. The molecule has 5 heteroatoms. The molecule has 2 fully saturated rings. The molecule has 1 aliphatic carbocycles. The SMILES string of the molecule is Cn1c(CO)cnc1SCC1(C2CCCCO2)CCC1. The monoisotopic (exact) mass is 296 g/mol. The Labute approximate surface area is 124 Å². The molecule has 1 aliphatic heterocycles. The molecule has 1 saturated heterocycles. The van der Waals surface area contributed by atoms with Gasteiger partial charge in [0.25, 0.3) is 0 Å². The van der Waals surface area contributed by atoms with Crippen molar-refractivity contribution in [2.24, 2.45) is 12.5 Å². The van der Waals surface area contributed by atoms with Crippen molar-refractivity contribution in [3.05, 3.63) is 11.9 Å². The van der Waals surface area contributed by atoms with E-state index in [1.165, 1.54) is 38.5 Å². The highest BCUT2D eigenvalue weighted by Crippen LogP contribution is 2.50. The van der Waals surface area contributed by atoms with Crippen molar-refractivity contribution in [3.63, 3.8) is 0 Å². The quantitative estimate of drug-likeness (QED) is 0.849. The summed E-state index contributed by atoms with van der Waals surface area (Å²) in [7, 11) is 1.98. The molecule has 0 bridgehead atoms. The third-order valence-corrected chi connectivity index (χ3v) is 6.26. The lowest BCUT2D eigenvalue weighted by atomic mass is 9.65. The summed E-state index contributed by atoms with van der Waals surface area (Å²) in [6.45, 7) is 0.995.